The van der Waals surface area contributed by atoms with Crippen molar-refractivity contribution in [2.24, 2.45) is 0 Å². The lowest BCUT2D eigenvalue weighted by atomic mass is 10.0. The minimum Gasteiger partial charge on any atom is -0.388 e. The normalized spacial score (nSPS) is 12.7. The number of hydrogen-bond donors (Lipinski definition) is 1. The SMILES string of the molecule is CCc1nn(CC)c(CC(O)c2c(F)cccc2Br)c1Br. The Balaban J connectivity index is 2.36. The van der Waals surface area contributed by atoms with E-state index in [1.807, 2.05) is 18.5 Å². The lowest BCUT2D eigenvalue weighted by Gasteiger charge is -2.15. The molecule has 0 aliphatic rings. The van der Waals surface area contributed by atoms with E-state index in [0.29, 0.717) is 17.4 Å². The molecule has 1 heterocycles. The molecule has 0 amide bonds. The van der Waals surface area contributed by atoms with Crippen molar-refractivity contribution in [1.29, 1.82) is 0 Å². The highest BCUT2D eigenvalue weighted by Crippen LogP contribution is 2.31. The van der Waals surface area contributed by atoms with Gasteiger partial charge in [-0.25, -0.2) is 4.39 Å². The molecule has 2 aromatic rings. The predicted molar refractivity (Wildman–Crippen MR) is 87.7 cm³/mol. The maximum absolute atomic E-state index is 13.9. The van der Waals surface area contributed by atoms with Crippen LogP contribution in [0.2, 0.25) is 0 Å². The summed E-state index contributed by atoms with van der Waals surface area (Å²) in [6.45, 7) is 4.73. The Morgan fingerprint density at radius 1 is 1.33 bits per heavy atom. The molecule has 2 rings (SSSR count). The van der Waals surface area contributed by atoms with Gasteiger partial charge in [-0.2, -0.15) is 5.10 Å². The smallest absolute Gasteiger partial charge is 0.130 e. The molecule has 1 aromatic carbocycles. The topological polar surface area (TPSA) is 38.0 Å². The molecule has 1 unspecified atom stereocenters. The average Bonchev–Trinajstić information content (AvgIpc) is 2.75. The molecule has 0 radical (unpaired) electrons. The van der Waals surface area contributed by atoms with Crippen molar-refractivity contribution < 1.29 is 9.50 Å². The summed E-state index contributed by atoms with van der Waals surface area (Å²) in [4.78, 5) is 0. The van der Waals surface area contributed by atoms with Crippen molar-refractivity contribution in [3.05, 3.63) is 49.9 Å². The summed E-state index contributed by atoms with van der Waals surface area (Å²) in [5.41, 5.74) is 2.12. The van der Waals surface area contributed by atoms with Crippen LogP contribution in [0.4, 0.5) is 4.39 Å². The molecule has 21 heavy (non-hydrogen) atoms. The first-order valence-corrected chi connectivity index (χ1v) is 8.44. The zero-order valence-electron chi connectivity index (χ0n) is 11.9. The van der Waals surface area contributed by atoms with E-state index in [0.717, 1.165) is 22.3 Å². The summed E-state index contributed by atoms with van der Waals surface area (Å²) in [6, 6.07) is 4.69. The molecule has 0 saturated carbocycles. The summed E-state index contributed by atoms with van der Waals surface area (Å²) in [5, 5.41) is 14.9. The van der Waals surface area contributed by atoms with Crippen LogP contribution in [0.15, 0.2) is 27.1 Å². The molecule has 0 fully saturated rings. The van der Waals surface area contributed by atoms with Crippen molar-refractivity contribution in [3.8, 4) is 0 Å². The maximum Gasteiger partial charge on any atom is 0.130 e. The van der Waals surface area contributed by atoms with Crippen LogP contribution in [0, 0.1) is 5.82 Å². The van der Waals surface area contributed by atoms with Crippen molar-refractivity contribution >= 4 is 31.9 Å². The van der Waals surface area contributed by atoms with Crippen LogP contribution in [0.1, 0.15) is 36.9 Å². The lowest BCUT2D eigenvalue weighted by molar-refractivity contribution is 0.169. The van der Waals surface area contributed by atoms with Gasteiger partial charge < -0.3 is 5.11 Å². The number of benzene rings is 1. The van der Waals surface area contributed by atoms with E-state index in [-0.39, 0.29) is 5.56 Å². The first-order chi connectivity index (χ1) is 9.99. The number of aliphatic hydroxyl groups excluding tert-OH is 1. The summed E-state index contributed by atoms with van der Waals surface area (Å²) in [7, 11) is 0. The van der Waals surface area contributed by atoms with Crippen molar-refractivity contribution in [2.75, 3.05) is 0 Å². The standard InChI is InChI=1S/C15H17Br2FN2O/c1-3-11-15(17)12(20(4-2)19-11)8-13(21)14-9(16)6-5-7-10(14)18/h5-7,13,21H,3-4,8H2,1-2H3. The van der Waals surface area contributed by atoms with E-state index in [1.165, 1.54) is 6.07 Å². The van der Waals surface area contributed by atoms with Gasteiger partial charge in [0.25, 0.3) is 0 Å². The molecular weight excluding hydrogens is 403 g/mol. The average molecular weight is 420 g/mol. The van der Waals surface area contributed by atoms with Crippen molar-refractivity contribution in [3.63, 3.8) is 0 Å². The van der Waals surface area contributed by atoms with Crippen molar-refractivity contribution in [1.82, 2.24) is 9.78 Å². The molecule has 0 aliphatic heterocycles. The third-order valence-electron chi connectivity index (χ3n) is 3.41. The van der Waals surface area contributed by atoms with Crippen LogP contribution < -0.4 is 0 Å². The van der Waals surface area contributed by atoms with Gasteiger partial charge in [0.2, 0.25) is 0 Å². The summed E-state index contributed by atoms with van der Waals surface area (Å²) in [5.74, 6) is -0.411. The van der Waals surface area contributed by atoms with Gasteiger partial charge in [-0.3, -0.25) is 4.68 Å². The van der Waals surface area contributed by atoms with Crippen LogP contribution in [0.5, 0.6) is 0 Å². The molecule has 0 spiro atoms. The third-order valence-corrected chi connectivity index (χ3v) is 5.02. The first kappa shape index (κ1) is 16.6. The van der Waals surface area contributed by atoms with Gasteiger partial charge in [-0.1, -0.05) is 28.9 Å². The Kier molecular flexibility index (Phi) is 5.57. The fourth-order valence-corrected chi connectivity index (χ4v) is 3.66. The summed E-state index contributed by atoms with van der Waals surface area (Å²) >= 11 is 6.84. The van der Waals surface area contributed by atoms with Crippen LogP contribution in [0.25, 0.3) is 0 Å². The Morgan fingerprint density at radius 3 is 2.62 bits per heavy atom. The fraction of sp³-hybridized carbons (Fsp3) is 0.400. The highest BCUT2D eigenvalue weighted by molar-refractivity contribution is 9.10. The molecule has 6 heteroatoms. The molecule has 1 N–H and O–H groups in total. The van der Waals surface area contributed by atoms with Crippen LogP contribution in [0.3, 0.4) is 0 Å². The number of hydrogen-bond acceptors (Lipinski definition) is 2. The van der Waals surface area contributed by atoms with Crippen molar-refractivity contribution in [2.45, 2.75) is 39.3 Å². The minimum absolute atomic E-state index is 0.284. The quantitative estimate of drug-likeness (QED) is 0.779. The first-order valence-electron chi connectivity index (χ1n) is 6.85. The molecule has 3 nitrogen and oxygen atoms in total. The van der Waals surface area contributed by atoms with Gasteiger partial charge in [0.05, 0.1) is 22.0 Å². The van der Waals surface area contributed by atoms with E-state index in [1.54, 1.807) is 12.1 Å². The number of halogens is 3. The highest BCUT2D eigenvalue weighted by Gasteiger charge is 2.21. The molecule has 0 aliphatic carbocycles. The predicted octanol–water partition coefficient (Wildman–Crippen LogP) is 4.41. The van der Waals surface area contributed by atoms with E-state index in [4.69, 9.17) is 0 Å². The van der Waals surface area contributed by atoms with E-state index in [9.17, 15) is 9.50 Å². The van der Waals surface area contributed by atoms with Crippen LogP contribution in [-0.2, 0) is 19.4 Å². The number of aryl methyl sites for hydroxylation is 2. The van der Waals surface area contributed by atoms with Crippen LogP contribution in [-0.4, -0.2) is 14.9 Å². The molecule has 114 valence electrons. The fourth-order valence-electron chi connectivity index (χ4n) is 2.33. The molecule has 0 saturated heterocycles. The molecule has 0 bridgehead atoms. The van der Waals surface area contributed by atoms with E-state index < -0.39 is 11.9 Å². The Labute approximate surface area is 140 Å². The number of aliphatic hydroxyl groups is 1. The van der Waals surface area contributed by atoms with E-state index in [2.05, 4.69) is 37.0 Å². The molecule has 1 atom stereocenters. The summed E-state index contributed by atoms with van der Waals surface area (Å²) in [6.07, 6.45) is 0.185. The maximum atomic E-state index is 13.9. The zero-order chi connectivity index (χ0) is 15.6. The van der Waals surface area contributed by atoms with E-state index >= 15 is 0 Å². The second-order valence-electron chi connectivity index (χ2n) is 4.73. The second kappa shape index (κ2) is 7.03. The van der Waals surface area contributed by atoms with Gasteiger partial charge in [0.15, 0.2) is 0 Å². The Bertz CT molecular complexity index is 623. The largest absolute Gasteiger partial charge is 0.388 e. The number of nitrogens with zero attached hydrogens (tertiary/aromatic N) is 2. The van der Waals surface area contributed by atoms with Gasteiger partial charge in [-0.15, -0.1) is 0 Å². The van der Waals surface area contributed by atoms with Crippen LogP contribution >= 0.6 is 31.9 Å². The van der Waals surface area contributed by atoms with Gasteiger partial charge in [0.1, 0.15) is 5.82 Å². The summed E-state index contributed by atoms with van der Waals surface area (Å²) < 4.78 is 17.3. The monoisotopic (exact) mass is 418 g/mol. The lowest BCUT2D eigenvalue weighted by Crippen LogP contribution is -2.10. The molecular formula is C15H17Br2FN2O. The third kappa shape index (κ3) is 3.38. The van der Waals surface area contributed by atoms with Gasteiger partial charge in [0, 0.05) is 23.0 Å². The number of rotatable bonds is 5. The van der Waals surface area contributed by atoms with Gasteiger partial charge >= 0.3 is 0 Å². The zero-order valence-corrected chi connectivity index (χ0v) is 15.1. The molecule has 1 aromatic heterocycles. The minimum atomic E-state index is -0.927. The Morgan fingerprint density at radius 2 is 2.05 bits per heavy atom. The number of aromatic nitrogens is 2. The van der Waals surface area contributed by atoms with Gasteiger partial charge in [-0.05, 0) is 41.4 Å². The highest BCUT2D eigenvalue weighted by atomic mass is 79.9. The second-order valence-corrected chi connectivity index (χ2v) is 6.38. The Hall–Kier alpha value is -0.720.